The molecule has 4 N–H and O–H groups in total. The van der Waals surface area contributed by atoms with Gasteiger partial charge in [-0.15, -0.1) is 0 Å². The molecular formula is C26H21Cl3N6O. The number of hydrogen-bond acceptors (Lipinski definition) is 7. The number of nitrogen functional groups attached to an aromatic ring is 1. The maximum absolute atomic E-state index is 9.85. The molecule has 1 aromatic heterocycles. The van der Waals surface area contributed by atoms with E-state index in [-0.39, 0.29) is 5.69 Å². The predicted octanol–water partition coefficient (Wildman–Crippen LogP) is 7.48. The summed E-state index contributed by atoms with van der Waals surface area (Å²) < 4.78 is 5.38. The van der Waals surface area contributed by atoms with Gasteiger partial charge >= 0.3 is 0 Å². The van der Waals surface area contributed by atoms with Crippen LogP contribution in [0.1, 0.15) is 22.6 Å². The largest absolute Gasteiger partial charge is 0.495 e. The third-order valence-corrected chi connectivity index (χ3v) is 6.35. The first-order valence-electron chi connectivity index (χ1n) is 10.7. The van der Waals surface area contributed by atoms with E-state index in [4.69, 9.17) is 45.3 Å². The van der Waals surface area contributed by atoms with Gasteiger partial charge in [-0.05, 0) is 60.0 Å². The molecule has 0 spiro atoms. The van der Waals surface area contributed by atoms with E-state index in [1.165, 1.54) is 6.33 Å². The molecule has 0 saturated carbocycles. The smallest absolute Gasteiger partial charge is 0.159 e. The van der Waals surface area contributed by atoms with Crippen molar-refractivity contribution < 1.29 is 4.74 Å². The summed E-state index contributed by atoms with van der Waals surface area (Å²) in [6.07, 6.45) is 1.38. The fourth-order valence-electron chi connectivity index (χ4n) is 3.67. The van der Waals surface area contributed by atoms with Crippen LogP contribution in [0.4, 0.5) is 28.7 Å². The third kappa shape index (κ3) is 5.42. The molecule has 0 saturated heterocycles. The van der Waals surface area contributed by atoms with Gasteiger partial charge in [0.05, 0.1) is 24.8 Å². The summed E-state index contributed by atoms with van der Waals surface area (Å²) in [5.41, 5.74) is 10.3. The Labute approximate surface area is 223 Å². The minimum atomic E-state index is -0.546. The van der Waals surface area contributed by atoms with Gasteiger partial charge in [-0.1, -0.05) is 53.0 Å². The summed E-state index contributed by atoms with van der Waals surface area (Å²) in [4.78, 5) is 8.54. The number of hydrogen-bond donors (Lipinski definition) is 3. The minimum Gasteiger partial charge on any atom is -0.495 e. The number of nitriles is 1. The van der Waals surface area contributed by atoms with Gasteiger partial charge in [0, 0.05) is 20.8 Å². The molecular weight excluding hydrogens is 519 g/mol. The highest BCUT2D eigenvalue weighted by molar-refractivity contribution is 6.32. The number of nitrogens with one attached hydrogen (secondary N) is 2. The Hall–Kier alpha value is -3.70. The average molecular weight is 540 g/mol. The second-order valence-electron chi connectivity index (χ2n) is 7.88. The lowest BCUT2D eigenvalue weighted by atomic mass is 9.91. The molecule has 7 nitrogen and oxygen atoms in total. The minimum absolute atomic E-state index is 0.287. The lowest BCUT2D eigenvalue weighted by Gasteiger charge is -2.18. The molecule has 10 heteroatoms. The van der Waals surface area contributed by atoms with Crippen LogP contribution < -0.4 is 21.1 Å². The number of aromatic nitrogens is 2. The van der Waals surface area contributed by atoms with E-state index in [0.29, 0.717) is 49.4 Å². The molecule has 1 atom stereocenters. The first-order chi connectivity index (χ1) is 17.3. The Morgan fingerprint density at radius 2 is 1.56 bits per heavy atom. The number of halogens is 3. The molecule has 0 amide bonds. The summed E-state index contributed by atoms with van der Waals surface area (Å²) in [7, 11) is 1.56. The second kappa shape index (κ2) is 10.9. The molecule has 4 rings (SSSR count). The third-order valence-electron chi connectivity index (χ3n) is 5.54. The Bertz CT molecular complexity index is 1450. The van der Waals surface area contributed by atoms with Crippen molar-refractivity contribution in [3.05, 3.63) is 92.7 Å². The van der Waals surface area contributed by atoms with Gasteiger partial charge in [0.25, 0.3) is 0 Å². The normalized spacial score (nSPS) is 11.4. The fraction of sp³-hybridized carbons (Fsp3) is 0.115. The molecule has 0 fully saturated rings. The number of benzene rings is 3. The van der Waals surface area contributed by atoms with Crippen molar-refractivity contribution in [3.8, 4) is 11.8 Å². The SMILES string of the molecule is COc1ccc(Cl)cc1Nc1ncnc(Nc2cc(Cl)c(C(C#N)c3ccc(Cl)cc3)cc2C)c1N. The Morgan fingerprint density at radius 1 is 0.917 bits per heavy atom. The number of nitrogens with two attached hydrogens (primary N) is 1. The maximum atomic E-state index is 9.85. The van der Waals surface area contributed by atoms with Crippen LogP contribution in [0.5, 0.6) is 5.75 Å². The van der Waals surface area contributed by atoms with E-state index >= 15 is 0 Å². The van der Waals surface area contributed by atoms with E-state index in [1.54, 1.807) is 43.5 Å². The van der Waals surface area contributed by atoms with Gasteiger partial charge in [-0.2, -0.15) is 5.26 Å². The monoisotopic (exact) mass is 538 g/mol. The van der Waals surface area contributed by atoms with Crippen molar-refractivity contribution >= 4 is 63.5 Å². The topological polar surface area (TPSA) is 109 Å². The molecule has 3 aromatic carbocycles. The lowest BCUT2D eigenvalue weighted by molar-refractivity contribution is 0.417. The molecule has 1 heterocycles. The van der Waals surface area contributed by atoms with Crippen LogP contribution in [0.15, 0.2) is 60.9 Å². The summed E-state index contributed by atoms with van der Waals surface area (Å²) >= 11 is 18.8. The molecule has 0 aliphatic heterocycles. The molecule has 0 aliphatic rings. The van der Waals surface area contributed by atoms with Crippen LogP contribution in [0.25, 0.3) is 0 Å². The highest BCUT2D eigenvalue weighted by atomic mass is 35.5. The molecule has 182 valence electrons. The van der Waals surface area contributed by atoms with Crippen molar-refractivity contribution in [1.82, 2.24) is 9.97 Å². The lowest BCUT2D eigenvalue weighted by Crippen LogP contribution is -2.07. The quantitative estimate of drug-likeness (QED) is 0.223. The first-order valence-corrected chi connectivity index (χ1v) is 11.9. The van der Waals surface area contributed by atoms with Crippen molar-refractivity contribution in [2.45, 2.75) is 12.8 Å². The second-order valence-corrected chi connectivity index (χ2v) is 9.16. The van der Waals surface area contributed by atoms with E-state index in [1.807, 2.05) is 25.1 Å². The van der Waals surface area contributed by atoms with Gasteiger partial charge in [0.15, 0.2) is 11.6 Å². The van der Waals surface area contributed by atoms with Crippen LogP contribution in [0.3, 0.4) is 0 Å². The van der Waals surface area contributed by atoms with Crippen LogP contribution in [0.2, 0.25) is 15.1 Å². The van der Waals surface area contributed by atoms with Crippen LogP contribution in [0, 0.1) is 18.3 Å². The Balaban J connectivity index is 1.63. The average Bonchev–Trinajstić information content (AvgIpc) is 2.86. The van der Waals surface area contributed by atoms with Gasteiger partial charge in [-0.3, -0.25) is 0 Å². The number of nitrogens with zero attached hydrogens (tertiary/aromatic N) is 3. The van der Waals surface area contributed by atoms with Crippen LogP contribution >= 0.6 is 34.8 Å². The van der Waals surface area contributed by atoms with Crippen molar-refractivity contribution in [2.24, 2.45) is 0 Å². The zero-order chi connectivity index (χ0) is 25.8. The van der Waals surface area contributed by atoms with Crippen molar-refractivity contribution in [1.29, 1.82) is 5.26 Å². The van der Waals surface area contributed by atoms with Gasteiger partial charge in [-0.25, -0.2) is 9.97 Å². The molecule has 36 heavy (non-hydrogen) atoms. The summed E-state index contributed by atoms with van der Waals surface area (Å²) in [6.45, 7) is 1.91. The zero-order valence-corrected chi connectivity index (χ0v) is 21.6. The first kappa shape index (κ1) is 25.4. The number of anilines is 5. The predicted molar refractivity (Wildman–Crippen MR) is 146 cm³/mol. The molecule has 0 radical (unpaired) electrons. The molecule has 0 bridgehead atoms. The van der Waals surface area contributed by atoms with Crippen LogP contribution in [-0.4, -0.2) is 17.1 Å². The van der Waals surface area contributed by atoms with Crippen LogP contribution in [-0.2, 0) is 0 Å². The standard InChI is InChI=1S/C26H21Cl3N6O/c1-14-9-18(19(12-30)15-3-5-16(27)6-4-15)20(29)11-21(14)34-25-24(31)26(33-13-32-25)35-22-10-17(28)7-8-23(22)36-2/h3-11,13,19H,31H2,1-2H3,(H2,32,33,34,35). The highest BCUT2D eigenvalue weighted by Crippen LogP contribution is 2.37. The maximum Gasteiger partial charge on any atom is 0.159 e. The highest BCUT2D eigenvalue weighted by Gasteiger charge is 2.19. The van der Waals surface area contributed by atoms with Gasteiger partial charge in [0.2, 0.25) is 0 Å². The summed E-state index contributed by atoms with van der Waals surface area (Å²) in [5.74, 6) is 0.795. The number of ether oxygens (including phenoxy) is 1. The Morgan fingerprint density at radius 3 is 2.19 bits per heavy atom. The van der Waals surface area contributed by atoms with Crippen molar-refractivity contribution in [2.75, 3.05) is 23.5 Å². The number of rotatable bonds is 7. The van der Waals surface area contributed by atoms with Gasteiger partial charge < -0.3 is 21.1 Å². The number of aryl methyl sites for hydroxylation is 1. The molecule has 0 aliphatic carbocycles. The molecule has 4 aromatic rings. The van der Waals surface area contributed by atoms with E-state index < -0.39 is 5.92 Å². The molecule has 1 unspecified atom stereocenters. The Kier molecular flexibility index (Phi) is 7.70. The zero-order valence-electron chi connectivity index (χ0n) is 19.3. The summed E-state index contributed by atoms with van der Waals surface area (Å²) in [5, 5.41) is 17.8. The number of methoxy groups -OCH3 is 1. The van der Waals surface area contributed by atoms with Crippen molar-refractivity contribution in [3.63, 3.8) is 0 Å². The fourth-order valence-corrected chi connectivity index (χ4v) is 4.24. The van der Waals surface area contributed by atoms with E-state index in [9.17, 15) is 5.26 Å². The van der Waals surface area contributed by atoms with Gasteiger partial charge in [0.1, 0.15) is 17.8 Å². The summed E-state index contributed by atoms with van der Waals surface area (Å²) in [6, 6.07) is 18.3. The van der Waals surface area contributed by atoms with E-state index in [2.05, 4.69) is 26.7 Å². The van der Waals surface area contributed by atoms with E-state index in [0.717, 1.165) is 11.1 Å².